The Bertz CT molecular complexity index is 1940. The molecular formula is C36H44Br2N10O5. The summed E-state index contributed by atoms with van der Waals surface area (Å²) in [7, 11) is 0. The number of hydrogen-bond acceptors (Lipinski definition) is 9. The number of benzene rings is 1. The molecule has 2 aliphatic rings. The van der Waals surface area contributed by atoms with Gasteiger partial charge in [-0.1, -0.05) is 0 Å². The van der Waals surface area contributed by atoms with Crippen molar-refractivity contribution in [1.82, 2.24) is 40.0 Å². The number of H-pyrrole nitrogens is 1. The Labute approximate surface area is 323 Å². The van der Waals surface area contributed by atoms with E-state index in [0.29, 0.717) is 104 Å². The summed E-state index contributed by atoms with van der Waals surface area (Å²) >= 11 is 6.73. The normalized spacial score (nSPS) is 16.4. The first-order chi connectivity index (χ1) is 25.6. The van der Waals surface area contributed by atoms with Crippen LogP contribution < -0.4 is 27.0 Å². The van der Waals surface area contributed by atoms with E-state index < -0.39 is 24.0 Å². The van der Waals surface area contributed by atoms with Crippen LogP contribution in [0.1, 0.15) is 43.7 Å². The van der Waals surface area contributed by atoms with E-state index in [0.717, 1.165) is 5.69 Å². The number of aromatic amines is 1. The molecule has 0 bridgehead atoms. The van der Waals surface area contributed by atoms with E-state index in [-0.39, 0.29) is 29.8 Å². The van der Waals surface area contributed by atoms with Crippen molar-refractivity contribution in [3.63, 3.8) is 0 Å². The van der Waals surface area contributed by atoms with Crippen LogP contribution in [0.2, 0.25) is 0 Å². The van der Waals surface area contributed by atoms with Crippen LogP contribution in [0, 0.1) is 0 Å². The van der Waals surface area contributed by atoms with E-state index in [1.807, 2.05) is 12.1 Å². The predicted octanol–water partition coefficient (Wildman–Crippen LogP) is 3.27. The van der Waals surface area contributed by atoms with Gasteiger partial charge in [0.1, 0.15) is 17.8 Å². The fourth-order valence-corrected chi connectivity index (χ4v) is 8.31. The summed E-state index contributed by atoms with van der Waals surface area (Å²) in [5.74, 6) is -0.652. The van der Waals surface area contributed by atoms with Gasteiger partial charge in [-0.25, -0.2) is 14.6 Å². The summed E-state index contributed by atoms with van der Waals surface area (Å²) < 4.78 is 2.51. The minimum atomic E-state index is -1.04. The van der Waals surface area contributed by atoms with Crippen LogP contribution in [0.5, 0.6) is 5.75 Å². The molecule has 4 aromatic rings. The Hall–Kier alpha value is -4.48. The maximum atomic E-state index is 14.2. The SMILES string of the molecule is NCCCC[C@H](NC(=O)[C@H](Cc1cc(Br)c(O)c(Br)c1)NC(=O)N1CCC(n2c(=O)[nH]c3cccnc32)CC1)C(=O)N1CCN(c2ccncc2)CC1. The molecule has 2 aliphatic heterocycles. The molecule has 0 aliphatic carbocycles. The number of carbonyl (C=O) groups excluding carboxylic acids is 3. The molecule has 2 fully saturated rings. The van der Waals surface area contributed by atoms with Crippen molar-refractivity contribution in [3.8, 4) is 5.75 Å². The number of anilines is 1. The second kappa shape index (κ2) is 17.6. The quantitative estimate of drug-likeness (QED) is 0.133. The number of phenolic OH excluding ortho intramolecular Hbond substituents is 1. The van der Waals surface area contributed by atoms with Gasteiger partial charge in [-0.3, -0.25) is 19.1 Å². The number of carbonyl (C=O) groups is 3. The molecule has 17 heteroatoms. The lowest BCUT2D eigenvalue weighted by Gasteiger charge is -2.38. The minimum Gasteiger partial charge on any atom is -0.506 e. The average Bonchev–Trinajstić information content (AvgIpc) is 3.52. The maximum Gasteiger partial charge on any atom is 0.327 e. The predicted molar refractivity (Wildman–Crippen MR) is 208 cm³/mol. The lowest BCUT2D eigenvalue weighted by atomic mass is 10.0. The van der Waals surface area contributed by atoms with E-state index in [2.05, 4.69) is 62.3 Å². The number of piperidine rings is 1. The summed E-state index contributed by atoms with van der Waals surface area (Å²) in [4.78, 5) is 71.6. The zero-order valence-corrected chi connectivity index (χ0v) is 32.4. The highest BCUT2D eigenvalue weighted by atomic mass is 79.9. The number of aromatic hydroxyl groups is 1. The third-order valence-corrected chi connectivity index (χ3v) is 11.1. The van der Waals surface area contributed by atoms with Crippen LogP contribution in [-0.2, 0) is 16.0 Å². The van der Waals surface area contributed by atoms with Crippen LogP contribution in [0.25, 0.3) is 11.2 Å². The van der Waals surface area contributed by atoms with Gasteiger partial charge < -0.3 is 41.2 Å². The third kappa shape index (κ3) is 9.19. The van der Waals surface area contributed by atoms with Crippen LogP contribution in [-0.4, -0.2) is 110 Å². The number of phenols is 1. The first-order valence-corrected chi connectivity index (χ1v) is 19.4. The van der Waals surface area contributed by atoms with Gasteiger partial charge in [-0.05, 0) is 112 Å². The van der Waals surface area contributed by atoms with E-state index >= 15 is 0 Å². The van der Waals surface area contributed by atoms with Crippen molar-refractivity contribution in [2.75, 3.05) is 50.7 Å². The molecule has 6 rings (SSSR count). The molecule has 4 amide bonds. The summed E-state index contributed by atoms with van der Waals surface area (Å²) in [6.07, 6.45) is 8.02. The number of aromatic nitrogens is 4. The number of urea groups is 1. The van der Waals surface area contributed by atoms with Gasteiger partial charge in [0.05, 0.1) is 14.5 Å². The highest BCUT2D eigenvalue weighted by molar-refractivity contribution is 9.11. The lowest BCUT2D eigenvalue weighted by Crippen LogP contribution is -2.59. The number of halogens is 2. The molecular weight excluding hydrogens is 812 g/mol. The second-order valence-corrected chi connectivity index (χ2v) is 15.1. The number of piperazine rings is 1. The molecule has 15 nitrogen and oxygen atoms in total. The third-order valence-electron chi connectivity index (χ3n) is 9.90. The Morgan fingerprint density at radius 2 is 1.62 bits per heavy atom. The van der Waals surface area contributed by atoms with Gasteiger partial charge in [0.15, 0.2) is 5.65 Å². The molecule has 6 N–H and O–H groups in total. The Balaban J connectivity index is 1.15. The number of imidazole rings is 1. The zero-order chi connectivity index (χ0) is 37.5. The summed E-state index contributed by atoms with van der Waals surface area (Å²) in [6.45, 7) is 3.46. The number of amides is 4. The van der Waals surface area contributed by atoms with Crippen molar-refractivity contribution in [2.45, 2.75) is 56.7 Å². The smallest absolute Gasteiger partial charge is 0.327 e. The van der Waals surface area contributed by atoms with Gasteiger partial charge in [-0.15, -0.1) is 0 Å². The Morgan fingerprint density at radius 3 is 2.30 bits per heavy atom. The Kier molecular flexibility index (Phi) is 12.7. The molecule has 1 aromatic carbocycles. The van der Waals surface area contributed by atoms with E-state index in [9.17, 15) is 24.3 Å². The minimum absolute atomic E-state index is 0.0146. The molecule has 0 saturated carbocycles. The van der Waals surface area contributed by atoms with E-state index in [1.54, 1.807) is 57.2 Å². The molecule has 0 radical (unpaired) electrons. The number of unbranched alkanes of at least 4 members (excludes halogenated alkanes) is 1. The van der Waals surface area contributed by atoms with Gasteiger partial charge in [0.25, 0.3) is 0 Å². The monoisotopic (exact) mass is 854 g/mol. The summed E-state index contributed by atoms with van der Waals surface area (Å²) in [5.41, 5.74) is 8.49. The molecule has 2 saturated heterocycles. The number of likely N-dealkylation sites (tertiary alicyclic amines) is 1. The van der Waals surface area contributed by atoms with Crippen LogP contribution in [0.15, 0.2) is 68.7 Å². The van der Waals surface area contributed by atoms with E-state index in [4.69, 9.17) is 5.73 Å². The number of hydrogen-bond donors (Lipinski definition) is 5. The van der Waals surface area contributed by atoms with Crippen LogP contribution >= 0.6 is 31.9 Å². The number of pyridine rings is 2. The number of fused-ring (bicyclic) bond motifs is 1. The van der Waals surface area contributed by atoms with Gasteiger partial charge >= 0.3 is 11.7 Å². The van der Waals surface area contributed by atoms with Gasteiger partial charge in [0.2, 0.25) is 11.8 Å². The summed E-state index contributed by atoms with van der Waals surface area (Å²) in [5, 5.41) is 16.2. The number of rotatable bonds is 12. The standard InChI is InChI=1S/C36H44Br2N10O5/c37-26-20-23(21-27(38)31(26)49)22-30(44-35(52)47-14-8-25(9-15-47)48-32-28(43-36(48)53)5-3-11-41-32)33(50)42-29(4-1-2-10-39)34(51)46-18-16-45(17-19-46)24-6-12-40-13-7-24/h3,5-7,11-13,20-21,25,29-30,49H,1-2,4,8-10,14-19,22,39H2,(H,42,50)(H,43,53)(H,44,52)/t29-,30-/m0/s1. The molecule has 53 heavy (non-hydrogen) atoms. The van der Waals surface area contributed by atoms with Crippen molar-refractivity contribution in [2.24, 2.45) is 5.73 Å². The number of nitrogens with one attached hydrogen (secondary N) is 3. The number of nitrogens with two attached hydrogens (primary N) is 1. The topological polar surface area (TPSA) is 195 Å². The molecule has 2 atom stereocenters. The van der Waals surface area contributed by atoms with Gasteiger partial charge in [0, 0.05) is 76.0 Å². The van der Waals surface area contributed by atoms with Gasteiger partial charge in [-0.2, -0.15) is 0 Å². The molecule has 0 spiro atoms. The van der Waals surface area contributed by atoms with Crippen molar-refractivity contribution >= 4 is 66.6 Å². The van der Waals surface area contributed by atoms with Crippen molar-refractivity contribution in [3.05, 3.63) is 80.0 Å². The van der Waals surface area contributed by atoms with Crippen molar-refractivity contribution < 1.29 is 19.5 Å². The largest absolute Gasteiger partial charge is 0.506 e. The first kappa shape index (κ1) is 38.3. The Morgan fingerprint density at radius 1 is 0.925 bits per heavy atom. The average molecular weight is 857 g/mol. The lowest BCUT2D eigenvalue weighted by molar-refractivity contribution is -0.137. The summed E-state index contributed by atoms with van der Waals surface area (Å²) in [6, 6.07) is 8.41. The maximum absolute atomic E-state index is 14.2. The highest BCUT2D eigenvalue weighted by Gasteiger charge is 2.33. The second-order valence-electron chi connectivity index (χ2n) is 13.4. The first-order valence-electron chi connectivity index (χ1n) is 17.8. The van der Waals surface area contributed by atoms with Crippen LogP contribution in [0.4, 0.5) is 10.5 Å². The zero-order valence-electron chi connectivity index (χ0n) is 29.2. The van der Waals surface area contributed by atoms with Crippen molar-refractivity contribution in [1.29, 1.82) is 0 Å². The molecule has 3 aromatic heterocycles. The molecule has 282 valence electrons. The van der Waals surface area contributed by atoms with Crippen LogP contribution in [0.3, 0.4) is 0 Å². The van der Waals surface area contributed by atoms with E-state index in [1.165, 1.54) is 0 Å². The molecule has 0 unspecified atom stereocenters. The fourth-order valence-electron chi connectivity index (χ4n) is 7.03. The fraction of sp³-hybridized carbons (Fsp3) is 0.444. The highest BCUT2D eigenvalue weighted by Crippen LogP contribution is 2.34. The number of nitrogens with zero attached hydrogens (tertiary/aromatic N) is 6. The molecule has 5 heterocycles.